The fourth-order valence-corrected chi connectivity index (χ4v) is 3.26. The van der Waals surface area contributed by atoms with Gasteiger partial charge in [-0.3, -0.25) is 0 Å². The number of benzene rings is 1. The predicted molar refractivity (Wildman–Crippen MR) is 115 cm³/mol. The van der Waals surface area contributed by atoms with Gasteiger partial charge in [-0.05, 0) is 56.6 Å². The van der Waals surface area contributed by atoms with E-state index in [1.165, 1.54) is 0 Å². The Hall–Kier alpha value is -2.22. The molecule has 1 unspecified atom stereocenters. The van der Waals surface area contributed by atoms with Crippen molar-refractivity contribution in [2.45, 2.75) is 77.7 Å². The van der Waals surface area contributed by atoms with Crippen LogP contribution in [0.15, 0.2) is 18.2 Å². The summed E-state index contributed by atoms with van der Waals surface area (Å²) in [5.74, 6) is 0.0297. The molecule has 1 rings (SSSR count). The molecule has 1 amide bonds. The highest BCUT2D eigenvalue weighted by molar-refractivity contribution is 6.74. The van der Waals surface area contributed by atoms with Gasteiger partial charge in [-0.15, -0.1) is 0 Å². The number of amides is 1. The molecule has 29 heavy (non-hydrogen) atoms. The van der Waals surface area contributed by atoms with E-state index in [1.807, 2.05) is 0 Å². The van der Waals surface area contributed by atoms with E-state index in [2.05, 4.69) is 39.2 Å². The molecule has 0 saturated carbocycles. The summed E-state index contributed by atoms with van der Waals surface area (Å²) in [7, 11) is -0.550. The number of alkyl carbamates (subject to hydrolysis) is 1. The summed E-state index contributed by atoms with van der Waals surface area (Å²) < 4.78 is 17.0. The largest absolute Gasteiger partial charge is 0.541 e. The second-order valence-corrected chi connectivity index (χ2v) is 14.3. The SMILES string of the molecule is COc1ccc(CC(NC(=O)OC(C)(C)C)C(=O)O)cc1O[Si](C)(C)C(C)(C)C. The van der Waals surface area contributed by atoms with Crippen LogP contribution in [0.1, 0.15) is 47.1 Å². The van der Waals surface area contributed by atoms with Gasteiger partial charge in [-0.2, -0.15) is 0 Å². The molecule has 164 valence electrons. The summed E-state index contributed by atoms with van der Waals surface area (Å²) in [6.07, 6.45) is -0.678. The van der Waals surface area contributed by atoms with Gasteiger partial charge < -0.3 is 24.3 Å². The number of ether oxygens (including phenoxy) is 2. The van der Waals surface area contributed by atoms with Crippen LogP contribution < -0.4 is 14.5 Å². The molecule has 0 aliphatic carbocycles. The lowest BCUT2D eigenvalue weighted by Gasteiger charge is -2.37. The number of methoxy groups -OCH3 is 1. The van der Waals surface area contributed by atoms with Crippen LogP contribution in [0.4, 0.5) is 4.79 Å². The third-order valence-electron chi connectivity index (χ3n) is 4.83. The smallest absolute Gasteiger partial charge is 0.408 e. The minimum atomic E-state index is -2.12. The highest BCUT2D eigenvalue weighted by Crippen LogP contribution is 2.40. The maximum absolute atomic E-state index is 12.0. The normalized spacial score (nSPS) is 13.4. The minimum absolute atomic E-state index is 0.00408. The van der Waals surface area contributed by atoms with Crippen LogP contribution in [0.3, 0.4) is 0 Å². The number of rotatable bonds is 7. The van der Waals surface area contributed by atoms with Crippen molar-refractivity contribution in [2.75, 3.05) is 7.11 Å². The van der Waals surface area contributed by atoms with E-state index in [4.69, 9.17) is 13.9 Å². The number of hydrogen-bond donors (Lipinski definition) is 2. The van der Waals surface area contributed by atoms with Crippen molar-refractivity contribution in [3.05, 3.63) is 23.8 Å². The summed E-state index contributed by atoms with van der Waals surface area (Å²) >= 11 is 0. The Labute approximate surface area is 174 Å². The molecule has 0 saturated heterocycles. The third kappa shape index (κ3) is 7.60. The van der Waals surface area contributed by atoms with E-state index >= 15 is 0 Å². The number of carbonyl (C=O) groups is 2. The van der Waals surface area contributed by atoms with Crippen LogP contribution in [-0.4, -0.2) is 44.2 Å². The average molecular weight is 426 g/mol. The molecule has 0 aromatic heterocycles. The van der Waals surface area contributed by atoms with Gasteiger partial charge in [-0.1, -0.05) is 26.8 Å². The molecule has 0 aliphatic heterocycles. The molecule has 0 fully saturated rings. The van der Waals surface area contributed by atoms with Gasteiger partial charge in [0.05, 0.1) is 7.11 Å². The molecular weight excluding hydrogens is 390 g/mol. The van der Waals surface area contributed by atoms with Gasteiger partial charge in [0.25, 0.3) is 8.32 Å². The lowest BCUT2D eigenvalue weighted by molar-refractivity contribution is -0.139. The number of hydrogen-bond acceptors (Lipinski definition) is 5. The first-order valence-electron chi connectivity index (χ1n) is 9.64. The topological polar surface area (TPSA) is 94.1 Å². The van der Waals surface area contributed by atoms with Crippen LogP contribution in [-0.2, 0) is 16.0 Å². The van der Waals surface area contributed by atoms with Gasteiger partial charge in [0, 0.05) is 6.42 Å². The number of aliphatic carboxylic acids is 1. The number of carboxylic acids is 1. The zero-order chi connectivity index (χ0) is 22.6. The first-order chi connectivity index (χ1) is 13.1. The van der Waals surface area contributed by atoms with E-state index in [9.17, 15) is 14.7 Å². The van der Waals surface area contributed by atoms with Crippen LogP contribution in [0.5, 0.6) is 11.5 Å². The number of carboxylic acid groups (broad SMARTS) is 1. The summed E-state index contributed by atoms with van der Waals surface area (Å²) in [6, 6.07) is 4.18. The molecule has 8 heteroatoms. The lowest BCUT2D eigenvalue weighted by Crippen LogP contribution is -2.45. The van der Waals surface area contributed by atoms with Crippen LogP contribution >= 0.6 is 0 Å². The van der Waals surface area contributed by atoms with E-state index in [1.54, 1.807) is 46.1 Å². The number of carbonyl (C=O) groups excluding carboxylic acids is 1. The summed E-state index contributed by atoms with van der Waals surface area (Å²) in [4.78, 5) is 23.6. The highest BCUT2D eigenvalue weighted by Gasteiger charge is 2.39. The molecule has 1 aromatic carbocycles. The molecule has 0 spiro atoms. The molecule has 0 heterocycles. The number of nitrogens with one attached hydrogen (secondary N) is 1. The van der Waals surface area contributed by atoms with Gasteiger partial charge in [0.1, 0.15) is 17.4 Å². The highest BCUT2D eigenvalue weighted by atomic mass is 28.4. The Morgan fingerprint density at radius 1 is 1.10 bits per heavy atom. The monoisotopic (exact) mass is 425 g/mol. The van der Waals surface area contributed by atoms with Crippen LogP contribution in [0.2, 0.25) is 18.1 Å². The molecule has 0 radical (unpaired) electrons. The molecule has 1 aromatic rings. The quantitative estimate of drug-likeness (QED) is 0.620. The maximum atomic E-state index is 12.0. The zero-order valence-corrected chi connectivity index (χ0v) is 20.0. The fraction of sp³-hybridized carbons (Fsp3) is 0.619. The second-order valence-electron chi connectivity index (χ2n) is 9.59. The van der Waals surface area contributed by atoms with E-state index in [-0.39, 0.29) is 11.5 Å². The van der Waals surface area contributed by atoms with E-state index < -0.39 is 32.0 Å². The van der Waals surface area contributed by atoms with Gasteiger partial charge in [-0.25, -0.2) is 9.59 Å². The second kappa shape index (κ2) is 9.07. The van der Waals surface area contributed by atoms with Crippen molar-refractivity contribution < 1.29 is 28.6 Å². The van der Waals surface area contributed by atoms with Crippen molar-refractivity contribution in [1.82, 2.24) is 5.32 Å². The van der Waals surface area contributed by atoms with Crippen molar-refractivity contribution in [1.29, 1.82) is 0 Å². The maximum Gasteiger partial charge on any atom is 0.408 e. The van der Waals surface area contributed by atoms with Crippen LogP contribution in [0, 0.1) is 0 Å². The van der Waals surface area contributed by atoms with Crippen molar-refractivity contribution in [3.63, 3.8) is 0 Å². The summed E-state index contributed by atoms with van der Waals surface area (Å²) in [5.41, 5.74) is 0.000194. The fourth-order valence-electron chi connectivity index (χ4n) is 2.24. The Balaban J connectivity index is 3.08. The summed E-state index contributed by atoms with van der Waals surface area (Å²) in [5, 5.41) is 11.9. The van der Waals surface area contributed by atoms with Crippen molar-refractivity contribution in [3.8, 4) is 11.5 Å². The van der Waals surface area contributed by atoms with Gasteiger partial charge >= 0.3 is 12.1 Å². The third-order valence-corrected chi connectivity index (χ3v) is 9.17. The standard InChI is InChI=1S/C21H35NO6Si/c1-20(2,3)27-19(25)22-15(18(23)24)12-14-10-11-16(26-7)17(13-14)28-29(8,9)21(4,5)6/h10-11,13,15H,12H2,1-9H3,(H,22,25)(H,23,24). The molecule has 2 N–H and O–H groups in total. The molecule has 7 nitrogen and oxygen atoms in total. The lowest BCUT2D eigenvalue weighted by atomic mass is 10.1. The molecule has 1 atom stereocenters. The average Bonchev–Trinajstić information content (AvgIpc) is 2.51. The van der Waals surface area contributed by atoms with Crippen molar-refractivity contribution >= 4 is 20.4 Å². The van der Waals surface area contributed by atoms with Crippen LogP contribution in [0.25, 0.3) is 0 Å². The zero-order valence-electron chi connectivity index (χ0n) is 19.0. The van der Waals surface area contributed by atoms with Gasteiger partial charge in [0.15, 0.2) is 5.75 Å². The minimum Gasteiger partial charge on any atom is -0.541 e. The Morgan fingerprint density at radius 3 is 2.14 bits per heavy atom. The Morgan fingerprint density at radius 2 is 1.69 bits per heavy atom. The van der Waals surface area contributed by atoms with Gasteiger partial charge in [0.2, 0.25) is 0 Å². The molecular formula is C21H35NO6Si. The summed E-state index contributed by atoms with van der Waals surface area (Å²) in [6.45, 7) is 15.8. The Kier molecular flexibility index (Phi) is 7.76. The first-order valence-corrected chi connectivity index (χ1v) is 12.5. The molecule has 0 aliphatic rings. The Bertz CT molecular complexity index is 734. The molecule has 0 bridgehead atoms. The van der Waals surface area contributed by atoms with Crippen molar-refractivity contribution in [2.24, 2.45) is 0 Å². The van der Waals surface area contributed by atoms with E-state index in [0.717, 1.165) is 0 Å². The first kappa shape index (κ1) is 24.8. The predicted octanol–water partition coefficient (Wildman–Crippen LogP) is 4.60. The van der Waals surface area contributed by atoms with E-state index in [0.29, 0.717) is 17.1 Å².